The van der Waals surface area contributed by atoms with Gasteiger partial charge in [0.2, 0.25) is 0 Å². The Morgan fingerprint density at radius 2 is 0.667 bits per heavy atom. The van der Waals surface area contributed by atoms with Gasteiger partial charge in [-0.1, -0.05) is 212 Å². The third-order valence-corrected chi connectivity index (χ3v) is 13.0. The summed E-state index contributed by atoms with van der Waals surface area (Å²) in [7, 11) is 0. The van der Waals surface area contributed by atoms with E-state index in [4.69, 9.17) is 0 Å². The molecule has 0 radical (unpaired) electrons. The molecule has 1 aromatic heterocycles. The largest absolute Gasteiger partial charge is 0.310 e. The summed E-state index contributed by atoms with van der Waals surface area (Å²) in [5.41, 5.74) is 18.8. The first-order valence-electron chi connectivity index (χ1n) is 22.7. The van der Waals surface area contributed by atoms with Gasteiger partial charge in [-0.15, -0.1) is 0 Å². The van der Waals surface area contributed by atoms with Crippen molar-refractivity contribution < 1.29 is 0 Å². The van der Waals surface area contributed by atoms with E-state index in [1.54, 1.807) is 0 Å². The Hall–Kier alpha value is -8.72. The van der Waals surface area contributed by atoms with E-state index in [2.05, 4.69) is 276 Å². The molecule has 11 aromatic carbocycles. The maximum Gasteiger partial charge on any atom is 0.0541 e. The van der Waals surface area contributed by atoms with Gasteiger partial charge >= 0.3 is 0 Å². The maximum absolute atomic E-state index is 2.39. The highest BCUT2D eigenvalue weighted by Gasteiger charge is 2.19. The van der Waals surface area contributed by atoms with E-state index >= 15 is 0 Å². The highest BCUT2D eigenvalue weighted by atomic mass is 15.1. The summed E-state index contributed by atoms with van der Waals surface area (Å²) in [5, 5.41) is 4.93. The fourth-order valence-electron chi connectivity index (χ4n) is 9.96. The summed E-state index contributed by atoms with van der Waals surface area (Å²) >= 11 is 0. The van der Waals surface area contributed by atoms with Gasteiger partial charge in [-0.2, -0.15) is 0 Å². The minimum atomic E-state index is 1.09. The number of benzene rings is 11. The second kappa shape index (κ2) is 16.8. The summed E-state index contributed by atoms with van der Waals surface area (Å²) in [5.74, 6) is 0. The summed E-state index contributed by atoms with van der Waals surface area (Å²) in [6, 6.07) is 96.8. The van der Waals surface area contributed by atoms with Crippen molar-refractivity contribution in [3.05, 3.63) is 267 Å². The zero-order valence-corrected chi connectivity index (χ0v) is 36.3. The molecule has 0 saturated carbocycles. The minimum absolute atomic E-state index is 1.09. The number of fused-ring (bicyclic) bond motifs is 4. The fourth-order valence-corrected chi connectivity index (χ4v) is 9.96. The Morgan fingerprint density at radius 1 is 0.258 bits per heavy atom. The minimum Gasteiger partial charge on any atom is -0.310 e. The van der Waals surface area contributed by atoms with E-state index in [1.807, 2.05) is 0 Å². The number of para-hydroxylation sites is 2. The number of hydrogen-bond donors (Lipinski definition) is 0. The molecular weight excluding hydrogens is 797 g/mol. The molecule has 2 nitrogen and oxygen atoms in total. The van der Waals surface area contributed by atoms with Crippen LogP contribution >= 0.6 is 0 Å². The number of aromatic nitrogens is 1. The average molecular weight is 841 g/mol. The molecule has 0 atom stereocenters. The monoisotopic (exact) mass is 840 g/mol. The predicted octanol–water partition coefficient (Wildman–Crippen LogP) is 17.7. The second-order valence-electron chi connectivity index (χ2n) is 16.9. The third-order valence-electron chi connectivity index (χ3n) is 13.0. The van der Waals surface area contributed by atoms with Crippen molar-refractivity contribution in [3.63, 3.8) is 0 Å². The molecule has 0 fully saturated rings. The van der Waals surface area contributed by atoms with E-state index in [0.29, 0.717) is 0 Å². The lowest BCUT2D eigenvalue weighted by Gasteiger charge is -2.27. The highest BCUT2D eigenvalue weighted by Crippen LogP contribution is 2.44. The van der Waals surface area contributed by atoms with Gasteiger partial charge in [-0.05, 0) is 116 Å². The Morgan fingerprint density at radius 3 is 1.26 bits per heavy atom. The Bertz CT molecular complexity index is 3630. The molecule has 0 aliphatic carbocycles. The van der Waals surface area contributed by atoms with Gasteiger partial charge in [0.05, 0.1) is 16.7 Å². The molecule has 0 unspecified atom stereocenters. The Kier molecular flexibility index (Phi) is 9.89. The molecule has 0 saturated heterocycles. The SMILES string of the molecule is c1ccc(-c2ccccc2-c2ccccc2-c2ccccc2-c2ccc(N(c3ccc(-c4cccc(-n5c6ccccc6c6ccccc65)c4)cc3)c3cccc4ccccc34)cc2)cc1. The van der Waals surface area contributed by atoms with Gasteiger partial charge in [0.15, 0.2) is 0 Å². The van der Waals surface area contributed by atoms with Crippen LogP contribution in [0.1, 0.15) is 0 Å². The van der Waals surface area contributed by atoms with Gasteiger partial charge in [-0.25, -0.2) is 0 Å². The van der Waals surface area contributed by atoms with Crippen LogP contribution in [0.4, 0.5) is 17.1 Å². The quantitative estimate of drug-likeness (QED) is 0.141. The highest BCUT2D eigenvalue weighted by molar-refractivity contribution is 6.09. The molecule has 0 aliphatic heterocycles. The molecule has 0 spiro atoms. The van der Waals surface area contributed by atoms with E-state index in [-0.39, 0.29) is 0 Å². The van der Waals surface area contributed by atoms with Crippen LogP contribution in [0.3, 0.4) is 0 Å². The van der Waals surface area contributed by atoms with E-state index in [1.165, 1.54) is 77.1 Å². The fraction of sp³-hybridized carbons (Fsp3) is 0. The number of rotatable bonds is 9. The first-order valence-corrected chi connectivity index (χ1v) is 22.7. The van der Waals surface area contributed by atoms with Crippen molar-refractivity contribution in [3.8, 4) is 61.3 Å². The van der Waals surface area contributed by atoms with Crippen molar-refractivity contribution >= 4 is 49.6 Å². The lowest BCUT2D eigenvalue weighted by Crippen LogP contribution is -2.10. The molecule has 12 aromatic rings. The lowest BCUT2D eigenvalue weighted by molar-refractivity contribution is 1.18. The van der Waals surface area contributed by atoms with Crippen molar-refractivity contribution in [2.75, 3.05) is 4.90 Å². The normalized spacial score (nSPS) is 11.3. The Balaban J connectivity index is 0.925. The zero-order valence-electron chi connectivity index (χ0n) is 36.3. The van der Waals surface area contributed by atoms with Gasteiger partial charge < -0.3 is 9.47 Å². The van der Waals surface area contributed by atoms with E-state index in [9.17, 15) is 0 Å². The van der Waals surface area contributed by atoms with Crippen LogP contribution in [-0.2, 0) is 0 Å². The Labute approximate surface area is 385 Å². The molecule has 0 amide bonds. The smallest absolute Gasteiger partial charge is 0.0541 e. The molecule has 12 rings (SSSR count). The summed E-state index contributed by atoms with van der Waals surface area (Å²) in [6.45, 7) is 0. The van der Waals surface area contributed by atoms with Crippen molar-refractivity contribution in [1.82, 2.24) is 4.57 Å². The van der Waals surface area contributed by atoms with Crippen LogP contribution in [0.15, 0.2) is 267 Å². The second-order valence-corrected chi connectivity index (χ2v) is 16.9. The lowest BCUT2D eigenvalue weighted by atomic mass is 9.87. The molecule has 0 N–H and O–H groups in total. The van der Waals surface area contributed by atoms with Gasteiger partial charge in [0.1, 0.15) is 0 Å². The van der Waals surface area contributed by atoms with Crippen LogP contribution in [0.5, 0.6) is 0 Å². The number of anilines is 3. The zero-order chi connectivity index (χ0) is 43.8. The molecule has 2 heteroatoms. The van der Waals surface area contributed by atoms with Crippen molar-refractivity contribution in [2.45, 2.75) is 0 Å². The topological polar surface area (TPSA) is 8.17 Å². The van der Waals surface area contributed by atoms with E-state index < -0.39 is 0 Å². The maximum atomic E-state index is 2.39. The molecule has 0 aliphatic rings. The molecule has 310 valence electrons. The third kappa shape index (κ3) is 6.93. The first-order chi connectivity index (χ1) is 32.8. The van der Waals surface area contributed by atoms with Gasteiger partial charge in [0.25, 0.3) is 0 Å². The molecule has 1 heterocycles. The number of nitrogens with zero attached hydrogens (tertiary/aromatic N) is 2. The van der Waals surface area contributed by atoms with Gasteiger partial charge in [-0.3, -0.25) is 0 Å². The van der Waals surface area contributed by atoms with Crippen molar-refractivity contribution in [2.24, 2.45) is 0 Å². The molecular formula is C64H44N2. The number of hydrogen-bond acceptors (Lipinski definition) is 1. The standard InChI is InChI=1S/C64H44N2/c1-2-18-46(19-3-1)53-24-6-8-27-56(53)58-29-10-11-30-59(58)57-28-9-7-25-54(57)48-38-42-51(43-39-48)65(62-35-17-21-47-20-4-5-26-55(47)62)50-40-36-45(37-41-50)49-22-16-23-52(44-49)66-63-33-14-12-31-60(63)61-32-13-15-34-64(61)66/h1-44H. The van der Waals surface area contributed by atoms with Gasteiger partial charge in [0, 0.05) is 33.2 Å². The summed E-state index contributed by atoms with van der Waals surface area (Å²) in [6.07, 6.45) is 0. The summed E-state index contributed by atoms with van der Waals surface area (Å²) in [4.78, 5) is 2.39. The summed E-state index contributed by atoms with van der Waals surface area (Å²) < 4.78 is 2.39. The average Bonchev–Trinajstić information content (AvgIpc) is 3.74. The molecule has 0 bridgehead atoms. The first kappa shape index (κ1) is 38.9. The van der Waals surface area contributed by atoms with Crippen LogP contribution in [0.2, 0.25) is 0 Å². The van der Waals surface area contributed by atoms with Crippen LogP contribution < -0.4 is 4.90 Å². The van der Waals surface area contributed by atoms with Crippen molar-refractivity contribution in [1.29, 1.82) is 0 Å². The molecule has 66 heavy (non-hydrogen) atoms. The van der Waals surface area contributed by atoms with Crippen LogP contribution in [0, 0.1) is 0 Å². The predicted molar refractivity (Wildman–Crippen MR) is 280 cm³/mol. The van der Waals surface area contributed by atoms with Crippen LogP contribution in [0.25, 0.3) is 93.9 Å². The van der Waals surface area contributed by atoms with E-state index in [0.717, 1.165) is 33.9 Å². The van der Waals surface area contributed by atoms with Crippen LogP contribution in [-0.4, -0.2) is 4.57 Å².